The molecule has 1 amide bonds. The predicted molar refractivity (Wildman–Crippen MR) is 122 cm³/mol. The second-order valence-corrected chi connectivity index (χ2v) is 9.01. The first-order valence-corrected chi connectivity index (χ1v) is 11.4. The third kappa shape index (κ3) is 6.46. The third-order valence-corrected chi connectivity index (χ3v) is 6.60. The molecule has 2 atom stereocenters. The monoisotopic (exact) mass is 516 g/mol. The maximum absolute atomic E-state index is 13.7. The predicted octanol–water partition coefficient (Wildman–Crippen LogP) is 6.78. The molecule has 1 aliphatic heterocycles. The molecule has 2 aromatic carbocycles. The van der Waals surface area contributed by atoms with Crippen molar-refractivity contribution in [2.24, 2.45) is 0 Å². The number of hydrogen-bond donors (Lipinski definition) is 1. The molecule has 1 aliphatic rings. The van der Waals surface area contributed by atoms with E-state index in [0.717, 1.165) is 16.0 Å². The smallest absolute Gasteiger partial charge is 0.339 e. The van der Waals surface area contributed by atoms with Crippen LogP contribution in [0.4, 0.5) is 30.7 Å². The van der Waals surface area contributed by atoms with Gasteiger partial charge in [0.05, 0.1) is 17.2 Å². The van der Waals surface area contributed by atoms with E-state index >= 15 is 0 Å². The van der Waals surface area contributed by atoms with E-state index in [1.807, 2.05) is 6.08 Å². The Morgan fingerprint density at radius 1 is 1.03 bits per heavy atom. The van der Waals surface area contributed by atoms with Crippen molar-refractivity contribution in [3.8, 4) is 0 Å². The van der Waals surface area contributed by atoms with Gasteiger partial charge in [-0.25, -0.2) is 4.39 Å². The summed E-state index contributed by atoms with van der Waals surface area (Å²) in [6.45, 7) is 4.39. The van der Waals surface area contributed by atoms with E-state index in [9.17, 15) is 35.5 Å². The van der Waals surface area contributed by atoms with Crippen molar-refractivity contribution in [1.82, 2.24) is 10.2 Å². The zero-order valence-corrected chi connectivity index (χ0v) is 20.0. The summed E-state index contributed by atoms with van der Waals surface area (Å²) in [6.07, 6.45) is -7.42. The van der Waals surface area contributed by atoms with Gasteiger partial charge in [-0.2, -0.15) is 26.3 Å². The molecule has 0 fully saturated rings. The largest absolute Gasteiger partial charge is 0.416 e. The van der Waals surface area contributed by atoms with Gasteiger partial charge in [0.1, 0.15) is 5.82 Å². The lowest BCUT2D eigenvalue weighted by molar-refractivity contribution is -0.143. The molecule has 0 saturated heterocycles. The number of halogens is 7. The van der Waals surface area contributed by atoms with Crippen LogP contribution in [-0.2, 0) is 17.1 Å². The van der Waals surface area contributed by atoms with E-state index in [1.165, 1.54) is 26.1 Å². The van der Waals surface area contributed by atoms with Crippen LogP contribution < -0.4 is 5.32 Å². The molecule has 3 rings (SSSR count). The van der Waals surface area contributed by atoms with Gasteiger partial charge < -0.3 is 10.2 Å². The van der Waals surface area contributed by atoms with Crippen LogP contribution in [0.5, 0.6) is 0 Å². The van der Waals surface area contributed by atoms with Gasteiger partial charge in [-0.1, -0.05) is 17.7 Å². The lowest BCUT2D eigenvalue weighted by Gasteiger charge is -2.30. The first-order valence-electron chi connectivity index (χ1n) is 11.4. The maximum atomic E-state index is 13.7. The molecule has 0 bridgehead atoms. The van der Waals surface area contributed by atoms with Crippen LogP contribution in [0.3, 0.4) is 0 Å². The number of amides is 1. The summed E-state index contributed by atoms with van der Waals surface area (Å²) in [5, 5.41) is 3.18. The molecular formula is C26H27F7N2O. The molecule has 3 nitrogen and oxygen atoms in total. The standard InChI is InChI=1S/C26H27F7N2O/c1-15-10-21(27)4-5-22(15)23(17-6-8-34-9-7-17)14-24(36)35(3)16(2)18-11-19(25(28,29)30)13-20(12-18)26(31,32)33/h4-6,10-13,16,23,34H,7-9,14H2,1-3H3/t16-,23?/m1/s1. The molecule has 1 unspecified atom stereocenters. The van der Waals surface area contributed by atoms with E-state index in [4.69, 9.17) is 0 Å². The number of carbonyl (C=O) groups excluding carboxylic acids is 1. The molecular weight excluding hydrogens is 489 g/mol. The second kappa shape index (κ2) is 10.6. The van der Waals surface area contributed by atoms with E-state index in [-0.39, 0.29) is 18.1 Å². The molecule has 0 spiro atoms. The minimum Gasteiger partial charge on any atom is -0.339 e. The zero-order valence-electron chi connectivity index (χ0n) is 20.0. The highest BCUT2D eigenvalue weighted by Gasteiger charge is 2.38. The number of aryl methyl sites for hydroxylation is 1. The van der Waals surface area contributed by atoms with Crippen LogP contribution in [-0.4, -0.2) is 30.9 Å². The van der Waals surface area contributed by atoms with Crippen molar-refractivity contribution >= 4 is 5.91 Å². The summed E-state index contributed by atoms with van der Waals surface area (Å²) in [5.41, 5.74) is -0.771. The number of rotatable bonds is 6. The molecule has 36 heavy (non-hydrogen) atoms. The first kappa shape index (κ1) is 27.7. The van der Waals surface area contributed by atoms with E-state index < -0.39 is 47.2 Å². The van der Waals surface area contributed by atoms with Crippen LogP contribution in [0, 0.1) is 12.7 Å². The SMILES string of the molecule is Cc1cc(F)ccc1C(CC(=O)N(C)[C@H](C)c1cc(C(F)(F)F)cc(C(F)(F)F)c1)C1=CCNCC1. The van der Waals surface area contributed by atoms with Crippen LogP contribution in [0.1, 0.15) is 59.5 Å². The summed E-state index contributed by atoms with van der Waals surface area (Å²) >= 11 is 0. The van der Waals surface area contributed by atoms with Gasteiger partial charge in [-0.15, -0.1) is 0 Å². The quantitative estimate of drug-likeness (QED) is 0.339. The second-order valence-electron chi connectivity index (χ2n) is 9.01. The van der Waals surface area contributed by atoms with Crippen molar-refractivity contribution in [2.45, 2.75) is 51.0 Å². The van der Waals surface area contributed by atoms with Crippen molar-refractivity contribution in [3.63, 3.8) is 0 Å². The Balaban J connectivity index is 1.93. The number of nitrogens with zero attached hydrogens (tertiary/aromatic N) is 1. The number of nitrogens with one attached hydrogen (secondary N) is 1. The first-order chi connectivity index (χ1) is 16.7. The van der Waals surface area contributed by atoms with Crippen LogP contribution in [0.15, 0.2) is 48.0 Å². The molecule has 0 aliphatic carbocycles. The summed E-state index contributed by atoms with van der Waals surface area (Å²) in [4.78, 5) is 14.4. The Labute approximate surface area is 205 Å². The fourth-order valence-electron chi connectivity index (χ4n) is 4.41. The highest BCUT2D eigenvalue weighted by molar-refractivity contribution is 5.78. The van der Waals surface area contributed by atoms with Gasteiger partial charge in [0.25, 0.3) is 0 Å². The molecule has 2 aromatic rings. The van der Waals surface area contributed by atoms with E-state index in [1.54, 1.807) is 13.0 Å². The molecule has 0 saturated carbocycles. The third-order valence-electron chi connectivity index (χ3n) is 6.60. The van der Waals surface area contributed by atoms with Crippen LogP contribution in [0.25, 0.3) is 0 Å². The lowest BCUT2D eigenvalue weighted by Crippen LogP contribution is -2.32. The number of benzene rings is 2. The summed E-state index contributed by atoms with van der Waals surface area (Å²) < 4.78 is 93.5. The Morgan fingerprint density at radius 3 is 2.14 bits per heavy atom. The molecule has 1 heterocycles. The minimum atomic E-state index is -4.98. The Hall–Kier alpha value is -2.88. The number of alkyl halides is 6. The van der Waals surface area contributed by atoms with E-state index in [0.29, 0.717) is 37.2 Å². The van der Waals surface area contributed by atoms with Gasteiger partial charge in [0.15, 0.2) is 0 Å². The van der Waals surface area contributed by atoms with Crippen LogP contribution in [0.2, 0.25) is 0 Å². The normalized spacial score (nSPS) is 16.3. The Bertz CT molecular complexity index is 1110. The Morgan fingerprint density at radius 2 is 1.64 bits per heavy atom. The minimum absolute atomic E-state index is 0.0645. The topological polar surface area (TPSA) is 32.3 Å². The van der Waals surface area contributed by atoms with E-state index in [2.05, 4.69) is 5.32 Å². The summed E-state index contributed by atoms with van der Waals surface area (Å²) in [6, 6.07) is 4.56. The van der Waals surface area contributed by atoms with Gasteiger partial charge >= 0.3 is 12.4 Å². The molecule has 0 aromatic heterocycles. The summed E-state index contributed by atoms with van der Waals surface area (Å²) in [7, 11) is 1.35. The molecule has 0 radical (unpaired) electrons. The van der Waals surface area contributed by atoms with Gasteiger partial charge in [-0.05, 0) is 73.8 Å². The lowest BCUT2D eigenvalue weighted by atomic mass is 9.82. The fraction of sp³-hybridized carbons (Fsp3) is 0.423. The number of carbonyl (C=O) groups is 1. The average Bonchev–Trinajstić information content (AvgIpc) is 2.81. The van der Waals surface area contributed by atoms with Crippen molar-refractivity contribution in [3.05, 3.63) is 81.7 Å². The zero-order chi connectivity index (χ0) is 26.8. The highest BCUT2D eigenvalue weighted by Crippen LogP contribution is 2.39. The van der Waals surface area contributed by atoms with Gasteiger partial charge in [-0.3, -0.25) is 4.79 Å². The molecule has 10 heteroatoms. The fourth-order valence-corrected chi connectivity index (χ4v) is 4.41. The van der Waals surface area contributed by atoms with Crippen molar-refractivity contribution < 1.29 is 35.5 Å². The Kier molecular flexibility index (Phi) is 8.17. The van der Waals surface area contributed by atoms with Gasteiger partial charge in [0.2, 0.25) is 5.91 Å². The van der Waals surface area contributed by atoms with Gasteiger partial charge in [0, 0.05) is 25.9 Å². The highest BCUT2D eigenvalue weighted by atomic mass is 19.4. The molecule has 1 N–H and O–H groups in total. The van der Waals surface area contributed by atoms with Crippen molar-refractivity contribution in [1.29, 1.82) is 0 Å². The number of hydrogen-bond acceptors (Lipinski definition) is 2. The summed E-state index contributed by atoms with van der Waals surface area (Å²) in [5.74, 6) is -1.28. The van der Waals surface area contributed by atoms with Crippen molar-refractivity contribution in [2.75, 3.05) is 20.1 Å². The average molecular weight is 517 g/mol. The maximum Gasteiger partial charge on any atom is 0.416 e. The molecule has 196 valence electrons. The van der Waals surface area contributed by atoms with Crippen LogP contribution >= 0.6 is 0 Å².